The van der Waals surface area contributed by atoms with Crippen molar-refractivity contribution in [2.75, 3.05) is 0 Å². The molecular weight excluding hydrogens is 316 g/mol. The van der Waals surface area contributed by atoms with E-state index in [0.29, 0.717) is 30.0 Å². The van der Waals surface area contributed by atoms with Gasteiger partial charge in [0, 0.05) is 18.3 Å². The molecule has 4 heteroatoms. The molecule has 142 valence electrons. The molecule has 4 saturated carbocycles. The highest BCUT2D eigenvalue weighted by atomic mass is 16.3. The number of rotatable bonds is 1. The van der Waals surface area contributed by atoms with E-state index in [2.05, 4.69) is 13.8 Å². The van der Waals surface area contributed by atoms with Crippen molar-refractivity contribution >= 4 is 5.78 Å². The van der Waals surface area contributed by atoms with Gasteiger partial charge in [-0.25, -0.2) is 0 Å². The average molecular weight is 350 g/mol. The van der Waals surface area contributed by atoms with Crippen LogP contribution in [0.5, 0.6) is 0 Å². The van der Waals surface area contributed by atoms with Gasteiger partial charge < -0.3 is 15.3 Å². The molecule has 0 heterocycles. The third kappa shape index (κ3) is 2.40. The summed E-state index contributed by atoms with van der Waals surface area (Å²) in [5, 5.41) is 31.0. The van der Waals surface area contributed by atoms with Crippen LogP contribution in [0.25, 0.3) is 0 Å². The summed E-state index contributed by atoms with van der Waals surface area (Å²) in [5.41, 5.74) is -0.266. The molecule has 10 atom stereocenters. The lowest BCUT2D eigenvalue weighted by Crippen LogP contribution is -2.58. The van der Waals surface area contributed by atoms with Gasteiger partial charge in [-0.1, -0.05) is 13.8 Å². The fourth-order valence-corrected chi connectivity index (χ4v) is 7.98. The Labute approximate surface area is 151 Å². The molecule has 0 aromatic rings. The minimum Gasteiger partial charge on any atom is -0.393 e. The Hall–Kier alpha value is -0.450. The molecule has 4 fully saturated rings. The van der Waals surface area contributed by atoms with Gasteiger partial charge in [-0.05, 0) is 74.0 Å². The maximum atomic E-state index is 13.4. The van der Waals surface area contributed by atoms with Crippen molar-refractivity contribution in [2.24, 2.45) is 40.4 Å². The SMILES string of the molecule is C[C@H](O)[C@H]1[C@@H](O)C[C@H]2[C@@H]3CC[C@H]4C[C@@H](O)CC[C@]4(C)[C@H]3C(=O)C[C@]12C. The summed E-state index contributed by atoms with van der Waals surface area (Å²) in [7, 11) is 0. The average Bonchev–Trinajstić information content (AvgIpc) is 2.77. The van der Waals surface area contributed by atoms with Crippen LogP contribution in [-0.2, 0) is 4.79 Å². The number of hydrogen-bond acceptors (Lipinski definition) is 4. The molecule has 0 bridgehead atoms. The number of hydrogen-bond donors (Lipinski definition) is 3. The van der Waals surface area contributed by atoms with Crippen molar-refractivity contribution in [1.29, 1.82) is 0 Å². The lowest BCUT2D eigenvalue weighted by molar-refractivity contribution is -0.163. The number of carbonyl (C=O) groups is 1. The van der Waals surface area contributed by atoms with Gasteiger partial charge >= 0.3 is 0 Å². The summed E-state index contributed by atoms with van der Waals surface area (Å²) in [6.07, 6.45) is 4.65. The number of ketones is 1. The third-order valence-electron chi connectivity index (χ3n) is 8.95. The highest BCUT2D eigenvalue weighted by Gasteiger charge is 2.65. The Morgan fingerprint density at radius 1 is 1.08 bits per heavy atom. The predicted molar refractivity (Wildman–Crippen MR) is 94.7 cm³/mol. The molecule has 4 nitrogen and oxygen atoms in total. The van der Waals surface area contributed by atoms with Gasteiger partial charge in [0.2, 0.25) is 0 Å². The first-order chi connectivity index (χ1) is 11.7. The molecule has 4 aliphatic rings. The monoisotopic (exact) mass is 350 g/mol. The molecular formula is C21H34O4. The van der Waals surface area contributed by atoms with E-state index in [-0.39, 0.29) is 28.8 Å². The summed E-state index contributed by atoms with van der Waals surface area (Å²) in [4.78, 5) is 13.4. The molecule has 0 saturated heterocycles. The molecule has 3 N–H and O–H groups in total. The summed E-state index contributed by atoms with van der Waals surface area (Å²) >= 11 is 0. The second kappa shape index (κ2) is 5.77. The van der Waals surface area contributed by atoms with E-state index in [0.717, 1.165) is 38.5 Å². The molecule has 0 spiro atoms. The maximum absolute atomic E-state index is 13.4. The fraction of sp³-hybridized carbons (Fsp3) is 0.952. The minimum absolute atomic E-state index is 0.00836. The van der Waals surface area contributed by atoms with Crippen LogP contribution in [0.4, 0.5) is 0 Å². The second-order valence-electron chi connectivity index (χ2n) is 10.2. The molecule has 0 radical (unpaired) electrons. The quantitative estimate of drug-likeness (QED) is 0.679. The second-order valence-corrected chi connectivity index (χ2v) is 10.2. The third-order valence-corrected chi connectivity index (χ3v) is 8.95. The first-order valence-corrected chi connectivity index (χ1v) is 10.3. The number of Topliss-reactive ketones (excluding diaryl/α,β-unsaturated/α-hetero) is 1. The summed E-state index contributed by atoms with van der Waals surface area (Å²) in [6.45, 7) is 6.19. The maximum Gasteiger partial charge on any atom is 0.137 e. The van der Waals surface area contributed by atoms with Crippen molar-refractivity contribution < 1.29 is 20.1 Å². The van der Waals surface area contributed by atoms with Gasteiger partial charge in [0.05, 0.1) is 18.3 Å². The van der Waals surface area contributed by atoms with Crippen molar-refractivity contribution in [3.8, 4) is 0 Å². The predicted octanol–water partition coefficient (Wildman–Crippen LogP) is 2.54. The van der Waals surface area contributed by atoms with E-state index >= 15 is 0 Å². The first kappa shape index (κ1) is 17.9. The zero-order chi connectivity index (χ0) is 18.1. The van der Waals surface area contributed by atoms with E-state index in [1.165, 1.54) is 0 Å². The lowest BCUT2D eigenvalue weighted by atomic mass is 9.44. The van der Waals surface area contributed by atoms with Crippen LogP contribution in [0.3, 0.4) is 0 Å². The van der Waals surface area contributed by atoms with Crippen LogP contribution in [0.1, 0.15) is 65.7 Å². The number of carbonyl (C=O) groups excluding carboxylic acids is 1. The van der Waals surface area contributed by atoms with Gasteiger partial charge in [-0.15, -0.1) is 0 Å². The molecule has 0 aromatic heterocycles. The zero-order valence-corrected chi connectivity index (χ0v) is 15.8. The standard InChI is InChI=1S/C21H34O4/c1-11(22)18-16(24)9-15-14-5-4-12-8-13(23)6-7-20(12,2)19(14)17(25)10-21(15,18)3/h11-16,18-19,22-24H,4-10H2,1-3H3/t11-,12-,13-,14-,15-,16-,18-,19+,20-,21-/m0/s1. The minimum atomic E-state index is -0.578. The Kier molecular flexibility index (Phi) is 4.14. The highest BCUT2D eigenvalue weighted by Crippen LogP contribution is 2.66. The van der Waals surface area contributed by atoms with E-state index in [1.54, 1.807) is 6.92 Å². The molecule has 4 rings (SSSR count). The molecule has 0 aliphatic heterocycles. The van der Waals surface area contributed by atoms with Crippen LogP contribution in [-0.4, -0.2) is 39.4 Å². The molecule has 0 amide bonds. The lowest BCUT2D eigenvalue weighted by Gasteiger charge is -2.59. The number of aliphatic hydroxyl groups excluding tert-OH is 3. The fourth-order valence-electron chi connectivity index (χ4n) is 7.98. The van der Waals surface area contributed by atoms with Gasteiger partial charge in [-0.3, -0.25) is 4.79 Å². The van der Waals surface area contributed by atoms with Crippen molar-refractivity contribution in [1.82, 2.24) is 0 Å². The summed E-state index contributed by atoms with van der Waals surface area (Å²) in [5.74, 6) is 1.35. The molecule has 0 aromatic carbocycles. The van der Waals surface area contributed by atoms with Gasteiger partial charge in [0.15, 0.2) is 0 Å². The van der Waals surface area contributed by atoms with E-state index in [4.69, 9.17) is 0 Å². The highest BCUT2D eigenvalue weighted by molar-refractivity contribution is 5.84. The Morgan fingerprint density at radius 2 is 1.80 bits per heavy atom. The summed E-state index contributed by atoms with van der Waals surface area (Å²) < 4.78 is 0. The van der Waals surface area contributed by atoms with Crippen LogP contribution in [0.15, 0.2) is 0 Å². The normalized spacial score (nSPS) is 56.7. The number of fused-ring (bicyclic) bond motifs is 5. The van der Waals surface area contributed by atoms with Crippen LogP contribution < -0.4 is 0 Å². The van der Waals surface area contributed by atoms with Gasteiger partial charge in [0.1, 0.15) is 5.78 Å². The van der Waals surface area contributed by atoms with Crippen molar-refractivity contribution in [2.45, 2.75) is 84.0 Å². The van der Waals surface area contributed by atoms with Gasteiger partial charge in [-0.2, -0.15) is 0 Å². The van der Waals surface area contributed by atoms with Crippen molar-refractivity contribution in [3.63, 3.8) is 0 Å². The van der Waals surface area contributed by atoms with Crippen LogP contribution >= 0.6 is 0 Å². The van der Waals surface area contributed by atoms with E-state index in [9.17, 15) is 20.1 Å². The smallest absolute Gasteiger partial charge is 0.137 e. The molecule has 0 unspecified atom stereocenters. The van der Waals surface area contributed by atoms with Crippen LogP contribution in [0.2, 0.25) is 0 Å². The van der Waals surface area contributed by atoms with E-state index < -0.39 is 12.2 Å². The van der Waals surface area contributed by atoms with E-state index in [1.807, 2.05) is 0 Å². The molecule has 25 heavy (non-hydrogen) atoms. The Bertz CT molecular complexity index is 560. The Balaban J connectivity index is 1.69. The van der Waals surface area contributed by atoms with Crippen molar-refractivity contribution in [3.05, 3.63) is 0 Å². The zero-order valence-electron chi connectivity index (χ0n) is 15.8. The first-order valence-electron chi connectivity index (χ1n) is 10.3. The molecule has 4 aliphatic carbocycles. The Morgan fingerprint density at radius 3 is 2.48 bits per heavy atom. The number of aliphatic hydroxyl groups is 3. The van der Waals surface area contributed by atoms with Gasteiger partial charge in [0.25, 0.3) is 0 Å². The topological polar surface area (TPSA) is 77.8 Å². The summed E-state index contributed by atoms with van der Waals surface area (Å²) in [6, 6.07) is 0. The van der Waals surface area contributed by atoms with Crippen LogP contribution in [0, 0.1) is 40.4 Å². The largest absolute Gasteiger partial charge is 0.393 e.